The van der Waals surface area contributed by atoms with Gasteiger partial charge in [-0.25, -0.2) is 13.1 Å². The molecule has 1 aromatic carbocycles. The second kappa shape index (κ2) is 5.47. The molecule has 21 heavy (non-hydrogen) atoms. The van der Waals surface area contributed by atoms with Gasteiger partial charge < -0.3 is 5.11 Å². The summed E-state index contributed by atoms with van der Waals surface area (Å²) in [6, 6.07) is 7.84. The monoisotopic (exact) mass is 308 g/mol. The van der Waals surface area contributed by atoms with Crippen LogP contribution >= 0.6 is 0 Å². The van der Waals surface area contributed by atoms with E-state index in [-0.39, 0.29) is 11.4 Å². The van der Waals surface area contributed by atoms with Gasteiger partial charge in [-0.2, -0.15) is 5.26 Å². The summed E-state index contributed by atoms with van der Waals surface area (Å²) < 4.78 is 26.4. The normalized spacial score (nSPS) is 17.7. The first-order chi connectivity index (χ1) is 9.82. The van der Waals surface area contributed by atoms with Gasteiger partial charge in [0.2, 0.25) is 10.0 Å². The molecular weight excluding hydrogens is 292 g/mol. The maximum atomic E-state index is 12.0. The van der Waals surface area contributed by atoms with Gasteiger partial charge in [0.1, 0.15) is 0 Å². The van der Waals surface area contributed by atoms with Crippen LogP contribution in [0.5, 0.6) is 0 Å². The number of carboxylic acids is 1. The lowest BCUT2D eigenvalue weighted by Gasteiger charge is -2.12. The maximum absolute atomic E-state index is 12.0. The molecule has 1 fully saturated rings. The van der Waals surface area contributed by atoms with Crippen molar-refractivity contribution in [3.05, 3.63) is 29.8 Å². The van der Waals surface area contributed by atoms with Crippen LogP contribution in [0.4, 0.5) is 0 Å². The Bertz CT molecular complexity index is 685. The molecule has 6 nitrogen and oxygen atoms in total. The van der Waals surface area contributed by atoms with Crippen LogP contribution < -0.4 is 4.72 Å². The summed E-state index contributed by atoms with van der Waals surface area (Å²) in [6.07, 6.45) is 1.15. The van der Waals surface area contributed by atoms with E-state index in [4.69, 9.17) is 5.26 Å². The minimum Gasteiger partial charge on any atom is -0.481 e. The van der Waals surface area contributed by atoms with E-state index in [0.29, 0.717) is 18.4 Å². The molecule has 0 heterocycles. The summed E-state index contributed by atoms with van der Waals surface area (Å²) in [5, 5.41) is 17.8. The van der Waals surface area contributed by atoms with Gasteiger partial charge in [-0.1, -0.05) is 12.1 Å². The van der Waals surface area contributed by atoms with Gasteiger partial charge in [-0.3, -0.25) is 4.79 Å². The Kier molecular flexibility index (Phi) is 4.03. The number of hydrogen-bond acceptors (Lipinski definition) is 4. The maximum Gasteiger partial charge on any atom is 0.314 e. The van der Waals surface area contributed by atoms with E-state index in [1.807, 2.05) is 6.07 Å². The Morgan fingerprint density at radius 1 is 1.43 bits per heavy atom. The first-order valence-electron chi connectivity index (χ1n) is 6.55. The van der Waals surface area contributed by atoms with E-state index in [1.165, 1.54) is 12.1 Å². The lowest BCUT2D eigenvalue weighted by molar-refractivity contribution is -0.140. The molecule has 1 aromatic rings. The summed E-state index contributed by atoms with van der Waals surface area (Å²) in [6.45, 7) is 1.66. The van der Waals surface area contributed by atoms with Crippen molar-refractivity contribution in [1.82, 2.24) is 4.72 Å². The molecule has 1 aliphatic rings. The van der Waals surface area contributed by atoms with Crippen molar-refractivity contribution in [2.75, 3.05) is 6.54 Å². The minimum absolute atomic E-state index is 0.0413. The number of aliphatic carboxylic acids is 1. The number of sulfonamides is 1. The number of benzene rings is 1. The largest absolute Gasteiger partial charge is 0.481 e. The molecule has 0 spiro atoms. The molecule has 1 atom stereocenters. The van der Waals surface area contributed by atoms with E-state index in [1.54, 1.807) is 19.1 Å². The molecule has 1 saturated carbocycles. The fraction of sp³-hybridized carbons (Fsp3) is 0.429. The average molecular weight is 308 g/mol. The number of carboxylic acid groups (broad SMARTS) is 1. The third-order valence-electron chi connectivity index (χ3n) is 3.68. The van der Waals surface area contributed by atoms with Crippen molar-refractivity contribution in [1.29, 1.82) is 5.26 Å². The lowest BCUT2D eigenvalue weighted by atomic mass is 9.96. The molecule has 2 rings (SSSR count). The molecule has 7 heteroatoms. The third kappa shape index (κ3) is 3.06. The molecule has 0 aromatic heterocycles. The van der Waals surface area contributed by atoms with Crippen molar-refractivity contribution in [3.63, 3.8) is 0 Å². The molecule has 2 N–H and O–H groups in total. The highest BCUT2D eigenvalue weighted by atomic mass is 32.2. The van der Waals surface area contributed by atoms with Crippen molar-refractivity contribution >= 4 is 16.0 Å². The standard InChI is InChI=1S/C14H16N2O4S/c1-10(8-15)9-16-21(19,20)12-4-2-11(3-5-12)14(6-7-14)13(17)18/h2-5,10,16H,6-7,9H2,1H3,(H,17,18). The molecular formula is C14H16N2O4S. The minimum atomic E-state index is -3.68. The Balaban J connectivity index is 2.16. The van der Waals surface area contributed by atoms with E-state index in [0.717, 1.165) is 0 Å². The average Bonchev–Trinajstić information content (AvgIpc) is 3.26. The summed E-state index contributed by atoms with van der Waals surface area (Å²) in [4.78, 5) is 11.3. The van der Waals surface area contributed by atoms with Crippen LogP contribution in [-0.4, -0.2) is 26.0 Å². The van der Waals surface area contributed by atoms with E-state index < -0.39 is 27.3 Å². The summed E-state index contributed by atoms with van der Waals surface area (Å²) >= 11 is 0. The van der Waals surface area contributed by atoms with Gasteiger partial charge in [-0.15, -0.1) is 0 Å². The second-order valence-electron chi connectivity index (χ2n) is 5.29. The predicted octanol–water partition coefficient (Wildman–Crippen LogP) is 1.24. The fourth-order valence-electron chi connectivity index (χ4n) is 2.07. The van der Waals surface area contributed by atoms with Crippen molar-refractivity contribution in [3.8, 4) is 6.07 Å². The highest BCUT2D eigenvalue weighted by molar-refractivity contribution is 7.89. The van der Waals surface area contributed by atoms with Gasteiger partial charge in [-0.05, 0) is 37.5 Å². The highest BCUT2D eigenvalue weighted by Gasteiger charge is 2.51. The zero-order chi connectivity index (χ0) is 15.7. The van der Waals surface area contributed by atoms with Gasteiger partial charge in [0.15, 0.2) is 0 Å². The Hall–Kier alpha value is -1.91. The van der Waals surface area contributed by atoms with Gasteiger partial charge in [0.05, 0.1) is 22.3 Å². The first-order valence-corrected chi connectivity index (χ1v) is 8.03. The Morgan fingerprint density at radius 2 is 2.00 bits per heavy atom. The van der Waals surface area contributed by atoms with Crippen LogP contribution in [-0.2, 0) is 20.2 Å². The number of nitriles is 1. The van der Waals surface area contributed by atoms with Crippen LogP contribution in [0.15, 0.2) is 29.2 Å². The van der Waals surface area contributed by atoms with Gasteiger partial charge >= 0.3 is 5.97 Å². The SMILES string of the molecule is CC(C#N)CNS(=O)(=O)c1ccc(C2(C(=O)O)CC2)cc1. The Morgan fingerprint density at radius 3 is 2.43 bits per heavy atom. The topological polar surface area (TPSA) is 107 Å². The molecule has 0 radical (unpaired) electrons. The highest BCUT2D eigenvalue weighted by Crippen LogP contribution is 2.48. The zero-order valence-corrected chi connectivity index (χ0v) is 12.4. The van der Waals surface area contributed by atoms with Crippen molar-refractivity contribution in [2.45, 2.75) is 30.1 Å². The second-order valence-corrected chi connectivity index (χ2v) is 7.06. The predicted molar refractivity (Wildman–Crippen MR) is 75.0 cm³/mol. The molecule has 1 aliphatic carbocycles. The summed E-state index contributed by atoms with van der Waals surface area (Å²) in [7, 11) is -3.68. The number of hydrogen-bond donors (Lipinski definition) is 2. The van der Waals surface area contributed by atoms with Crippen LogP contribution in [0, 0.1) is 17.2 Å². The van der Waals surface area contributed by atoms with Crippen LogP contribution in [0.1, 0.15) is 25.3 Å². The van der Waals surface area contributed by atoms with Crippen molar-refractivity contribution < 1.29 is 18.3 Å². The molecule has 0 saturated heterocycles. The third-order valence-corrected chi connectivity index (χ3v) is 5.12. The van der Waals surface area contributed by atoms with Crippen LogP contribution in [0.3, 0.4) is 0 Å². The molecule has 0 bridgehead atoms. The smallest absolute Gasteiger partial charge is 0.314 e. The zero-order valence-electron chi connectivity index (χ0n) is 11.5. The number of nitrogens with zero attached hydrogens (tertiary/aromatic N) is 1. The quantitative estimate of drug-likeness (QED) is 0.822. The summed E-state index contributed by atoms with van der Waals surface area (Å²) in [5.74, 6) is -1.29. The first kappa shape index (κ1) is 15.5. The van der Waals surface area contributed by atoms with E-state index >= 15 is 0 Å². The van der Waals surface area contributed by atoms with Crippen LogP contribution in [0.2, 0.25) is 0 Å². The fourth-order valence-corrected chi connectivity index (χ4v) is 3.20. The molecule has 1 unspecified atom stereocenters. The molecule has 112 valence electrons. The number of rotatable bonds is 6. The van der Waals surface area contributed by atoms with Crippen molar-refractivity contribution in [2.24, 2.45) is 5.92 Å². The number of carbonyl (C=O) groups is 1. The van der Waals surface area contributed by atoms with Gasteiger partial charge in [0, 0.05) is 6.54 Å². The van der Waals surface area contributed by atoms with Crippen LogP contribution in [0.25, 0.3) is 0 Å². The Labute approximate surface area is 123 Å². The van der Waals surface area contributed by atoms with E-state index in [9.17, 15) is 18.3 Å². The molecule has 0 aliphatic heterocycles. The lowest BCUT2D eigenvalue weighted by Crippen LogP contribution is -2.28. The summed E-state index contributed by atoms with van der Waals surface area (Å²) in [5.41, 5.74) is -0.218. The van der Waals surface area contributed by atoms with E-state index in [2.05, 4.69) is 4.72 Å². The molecule has 0 amide bonds. The number of nitrogens with one attached hydrogen (secondary N) is 1. The van der Waals surface area contributed by atoms with Gasteiger partial charge in [0.25, 0.3) is 0 Å².